The zero-order valence-corrected chi connectivity index (χ0v) is 14.9. The minimum Gasteiger partial charge on any atom is -0.382 e. The molecule has 0 bridgehead atoms. The van der Waals surface area contributed by atoms with Crippen LogP contribution in [0.4, 0.5) is 9.93 Å². The summed E-state index contributed by atoms with van der Waals surface area (Å²) in [6.45, 7) is 4.71. The summed E-state index contributed by atoms with van der Waals surface area (Å²) < 4.78 is 10.3. The molecule has 1 fully saturated rings. The lowest BCUT2D eigenvalue weighted by Gasteiger charge is -2.24. The second kappa shape index (κ2) is 9.55. The van der Waals surface area contributed by atoms with Gasteiger partial charge in [0.05, 0.1) is 31.9 Å². The van der Waals surface area contributed by atoms with Gasteiger partial charge in [0.25, 0.3) is 0 Å². The van der Waals surface area contributed by atoms with E-state index in [1.165, 1.54) is 11.3 Å². The zero-order chi connectivity index (χ0) is 17.4. The van der Waals surface area contributed by atoms with E-state index in [0.717, 1.165) is 6.42 Å². The molecule has 3 amide bonds. The molecule has 0 saturated carbocycles. The predicted molar refractivity (Wildman–Crippen MR) is 91.5 cm³/mol. The summed E-state index contributed by atoms with van der Waals surface area (Å²) >= 11 is 1.38. The van der Waals surface area contributed by atoms with E-state index in [1.54, 1.807) is 12.0 Å². The molecule has 0 aromatic carbocycles. The standard InChI is InChI=1S/C15H24N4O4S/c1-11(9-23-7-6-22-2)17-13(20)8-12-10-24-15(18-12)19-5-3-4-16-14(19)21/h10-11H,3-9H2,1-2H3,(H,16,21)(H,17,20)/t11-/m1/s1. The first-order valence-electron chi connectivity index (χ1n) is 7.96. The van der Waals surface area contributed by atoms with Crippen LogP contribution in [0.1, 0.15) is 19.0 Å². The number of anilines is 1. The van der Waals surface area contributed by atoms with Crippen LogP contribution in [0.2, 0.25) is 0 Å². The highest BCUT2D eigenvalue weighted by Crippen LogP contribution is 2.22. The number of nitrogens with one attached hydrogen (secondary N) is 2. The minimum absolute atomic E-state index is 0.0830. The number of ether oxygens (including phenoxy) is 2. The lowest BCUT2D eigenvalue weighted by atomic mass is 10.3. The monoisotopic (exact) mass is 356 g/mol. The van der Waals surface area contributed by atoms with Gasteiger partial charge < -0.3 is 20.1 Å². The van der Waals surface area contributed by atoms with E-state index in [4.69, 9.17) is 9.47 Å². The molecule has 2 N–H and O–H groups in total. The van der Waals surface area contributed by atoms with Gasteiger partial charge in [-0.05, 0) is 13.3 Å². The highest BCUT2D eigenvalue weighted by molar-refractivity contribution is 7.14. The lowest BCUT2D eigenvalue weighted by Crippen LogP contribution is -2.46. The molecule has 1 aromatic heterocycles. The summed E-state index contributed by atoms with van der Waals surface area (Å²) in [5.41, 5.74) is 0.665. The molecule has 8 nitrogen and oxygen atoms in total. The number of hydrogen-bond acceptors (Lipinski definition) is 6. The Morgan fingerprint density at radius 2 is 2.38 bits per heavy atom. The van der Waals surface area contributed by atoms with Crippen LogP contribution < -0.4 is 15.5 Å². The maximum atomic E-state index is 12.0. The van der Waals surface area contributed by atoms with Crippen molar-refractivity contribution in [3.8, 4) is 0 Å². The van der Waals surface area contributed by atoms with Crippen LogP contribution >= 0.6 is 11.3 Å². The van der Waals surface area contributed by atoms with Gasteiger partial charge in [0.1, 0.15) is 0 Å². The maximum absolute atomic E-state index is 12.0. The number of methoxy groups -OCH3 is 1. The fourth-order valence-electron chi connectivity index (χ4n) is 2.25. The number of hydrogen-bond donors (Lipinski definition) is 2. The predicted octanol–water partition coefficient (Wildman–Crippen LogP) is 0.773. The van der Waals surface area contributed by atoms with Gasteiger partial charge in [-0.1, -0.05) is 0 Å². The van der Waals surface area contributed by atoms with Crippen molar-refractivity contribution in [2.24, 2.45) is 0 Å². The SMILES string of the molecule is COCCOC[C@@H](C)NC(=O)Cc1csc(N2CCCNC2=O)n1. The third-order valence-corrected chi connectivity index (χ3v) is 4.31. The Morgan fingerprint density at radius 3 is 3.12 bits per heavy atom. The fraction of sp³-hybridized carbons (Fsp3) is 0.667. The number of aromatic nitrogens is 1. The summed E-state index contributed by atoms with van der Waals surface area (Å²) in [4.78, 5) is 29.8. The first-order chi connectivity index (χ1) is 11.6. The Labute approximate surface area is 145 Å². The Balaban J connectivity index is 1.77. The van der Waals surface area contributed by atoms with Crippen molar-refractivity contribution < 1.29 is 19.1 Å². The molecule has 134 valence electrons. The number of nitrogens with zero attached hydrogens (tertiary/aromatic N) is 2. The Morgan fingerprint density at radius 1 is 1.54 bits per heavy atom. The molecule has 1 saturated heterocycles. The van der Waals surface area contributed by atoms with Crippen molar-refractivity contribution in [3.63, 3.8) is 0 Å². The summed E-state index contributed by atoms with van der Waals surface area (Å²) in [6, 6.07) is -0.214. The van der Waals surface area contributed by atoms with Crippen LogP contribution in [-0.4, -0.2) is 63.0 Å². The van der Waals surface area contributed by atoms with E-state index in [2.05, 4.69) is 15.6 Å². The summed E-state index contributed by atoms with van der Waals surface area (Å²) in [5, 5.41) is 8.10. The van der Waals surface area contributed by atoms with Crippen molar-refractivity contribution >= 4 is 28.4 Å². The first-order valence-corrected chi connectivity index (χ1v) is 8.84. The average Bonchev–Trinajstić information content (AvgIpc) is 3.00. The quantitative estimate of drug-likeness (QED) is 0.638. The molecule has 1 aliphatic rings. The lowest BCUT2D eigenvalue weighted by molar-refractivity contribution is -0.121. The largest absolute Gasteiger partial charge is 0.382 e. The molecule has 2 heterocycles. The third-order valence-electron chi connectivity index (χ3n) is 3.40. The second-order valence-corrected chi connectivity index (χ2v) is 6.41. The van der Waals surface area contributed by atoms with Gasteiger partial charge in [-0.3, -0.25) is 9.69 Å². The van der Waals surface area contributed by atoms with Crippen molar-refractivity contribution in [2.45, 2.75) is 25.8 Å². The average molecular weight is 356 g/mol. The molecule has 1 atom stereocenters. The van der Waals surface area contributed by atoms with Crippen LogP contribution in [0.3, 0.4) is 0 Å². The molecule has 9 heteroatoms. The molecule has 1 aromatic rings. The molecule has 0 aliphatic carbocycles. The van der Waals surface area contributed by atoms with Gasteiger partial charge in [0, 0.05) is 31.6 Å². The minimum atomic E-state index is -0.131. The maximum Gasteiger partial charge on any atom is 0.323 e. The third kappa shape index (κ3) is 5.73. The Hall–Kier alpha value is -1.71. The molecular formula is C15H24N4O4S. The molecule has 0 unspecified atom stereocenters. The molecular weight excluding hydrogens is 332 g/mol. The molecule has 0 radical (unpaired) electrons. The molecule has 24 heavy (non-hydrogen) atoms. The smallest absolute Gasteiger partial charge is 0.323 e. The number of amides is 3. The highest BCUT2D eigenvalue weighted by atomic mass is 32.1. The summed E-state index contributed by atoms with van der Waals surface area (Å²) in [7, 11) is 1.62. The zero-order valence-electron chi connectivity index (χ0n) is 14.0. The van der Waals surface area contributed by atoms with E-state index >= 15 is 0 Å². The van der Waals surface area contributed by atoms with Gasteiger partial charge in [-0.25, -0.2) is 9.78 Å². The van der Waals surface area contributed by atoms with Gasteiger partial charge in [-0.2, -0.15) is 0 Å². The van der Waals surface area contributed by atoms with E-state index in [1.807, 2.05) is 12.3 Å². The van der Waals surface area contributed by atoms with Crippen molar-refractivity contribution in [3.05, 3.63) is 11.1 Å². The Bertz CT molecular complexity index is 551. The number of thiazole rings is 1. The Kier molecular flexibility index (Phi) is 7.41. The van der Waals surface area contributed by atoms with Crippen LogP contribution in [0.15, 0.2) is 5.38 Å². The fourth-order valence-corrected chi connectivity index (χ4v) is 3.10. The molecule has 2 rings (SSSR count). The van der Waals surface area contributed by atoms with Crippen molar-refractivity contribution in [1.82, 2.24) is 15.6 Å². The van der Waals surface area contributed by atoms with E-state index in [0.29, 0.717) is 43.7 Å². The van der Waals surface area contributed by atoms with Gasteiger partial charge in [-0.15, -0.1) is 11.3 Å². The van der Waals surface area contributed by atoms with Gasteiger partial charge in [0.15, 0.2) is 5.13 Å². The second-order valence-electron chi connectivity index (χ2n) is 5.57. The van der Waals surface area contributed by atoms with Crippen molar-refractivity contribution in [2.75, 3.05) is 44.9 Å². The number of rotatable bonds is 9. The summed E-state index contributed by atoms with van der Waals surface area (Å²) in [6.07, 6.45) is 1.08. The van der Waals surface area contributed by atoms with Crippen LogP contribution in [-0.2, 0) is 20.7 Å². The normalized spacial score (nSPS) is 15.9. The summed E-state index contributed by atoms with van der Waals surface area (Å²) in [5.74, 6) is -0.113. The number of carbonyl (C=O) groups is 2. The van der Waals surface area contributed by atoms with E-state index < -0.39 is 0 Å². The first kappa shape index (κ1) is 18.6. The van der Waals surface area contributed by atoms with Crippen LogP contribution in [0, 0.1) is 0 Å². The van der Waals surface area contributed by atoms with E-state index in [9.17, 15) is 9.59 Å². The van der Waals surface area contributed by atoms with E-state index in [-0.39, 0.29) is 24.4 Å². The molecule has 1 aliphatic heterocycles. The van der Waals surface area contributed by atoms with Gasteiger partial charge in [0.2, 0.25) is 5.91 Å². The van der Waals surface area contributed by atoms with Crippen molar-refractivity contribution in [1.29, 1.82) is 0 Å². The topological polar surface area (TPSA) is 92.8 Å². The highest BCUT2D eigenvalue weighted by Gasteiger charge is 2.22. The number of urea groups is 1. The van der Waals surface area contributed by atoms with Crippen LogP contribution in [0.5, 0.6) is 0 Å². The molecule has 0 spiro atoms. The van der Waals surface area contributed by atoms with Crippen LogP contribution in [0.25, 0.3) is 0 Å². The van der Waals surface area contributed by atoms with Gasteiger partial charge >= 0.3 is 6.03 Å². The number of carbonyl (C=O) groups excluding carboxylic acids is 2.